The van der Waals surface area contributed by atoms with Crippen molar-refractivity contribution in [3.05, 3.63) is 12.2 Å². The summed E-state index contributed by atoms with van der Waals surface area (Å²) in [6.07, 6.45) is 8.07. The van der Waals surface area contributed by atoms with E-state index in [0.29, 0.717) is 0 Å². The minimum atomic E-state index is -0.0765. The van der Waals surface area contributed by atoms with Crippen LogP contribution in [0.3, 0.4) is 0 Å². The van der Waals surface area contributed by atoms with Gasteiger partial charge in [-0.15, -0.1) is 0 Å². The minimum absolute atomic E-state index is 0.0755. The number of carbonyl (C=O) groups is 1. The van der Waals surface area contributed by atoms with E-state index in [1.165, 1.54) is 7.11 Å². The quantitative estimate of drug-likeness (QED) is 0.468. The summed E-state index contributed by atoms with van der Waals surface area (Å²) < 4.78 is 4.70. The Morgan fingerprint density at radius 1 is 1.38 bits per heavy atom. The fraction of sp³-hybridized carbons (Fsp3) is 0.727. The van der Waals surface area contributed by atoms with Crippen molar-refractivity contribution in [2.45, 2.75) is 39.5 Å². The lowest BCUT2D eigenvalue weighted by Gasteiger charge is -2.09. The molecule has 0 amide bonds. The molecule has 0 N–H and O–H groups in total. The maximum absolute atomic E-state index is 11.2. The standard InChI is InChI=1S/C11H20O2/c1-4-6-7-8-9-10(5-2)11(12)13-3/h6-7,10H,4-5,8-9H2,1-3H3/b7-6-. The Morgan fingerprint density at radius 3 is 2.54 bits per heavy atom. The molecule has 1 unspecified atom stereocenters. The van der Waals surface area contributed by atoms with E-state index in [2.05, 4.69) is 19.1 Å². The van der Waals surface area contributed by atoms with Crippen molar-refractivity contribution >= 4 is 5.97 Å². The summed E-state index contributed by atoms with van der Waals surface area (Å²) in [6.45, 7) is 4.12. The Kier molecular flexibility index (Phi) is 7.36. The lowest BCUT2D eigenvalue weighted by molar-refractivity contribution is -0.145. The molecule has 2 nitrogen and oxygen atoms in total. The fourth-order valence-electron chi connectivity index (χ4n) is 1.24. The summed E-state index contributed by atoms with van der Waals surface area (Å²) in [5, 5.41) is 0. The van der Waals surface area contributed by atoms with Crippen LogP contribution >= 0.6 is 0 Å². The van der Waals surface area contributed by atoms with Crippen LogP contribution in [0.2, 0.25) is 0 Å². The van der Waals surface area contributed by atoms with Gasteiger partial charge in [0.1, 0.15) is 0 Å². The topological polar surface area (TPSA) is 26.3 Å². The summed E-state index contributed by atoms with van der Waals surface area (Å²) in [7, 11) is 1.45. The number of ether oxygens (including phenoxy) is 1. The summed E-state index contributed by atoms with van der Waals surface area (Å²) in [5.41, 5.74) is 0. The van der Waals surface area contributed by atoms with Gasteiger partial charge in [0.25, 0.3) is 0 Å². The Balaban J connectivity index is 3.72. The maximum atomic E-state index is 11.2. The first-order chi connectivity index (χ1) is 6.26. The second-order valence-electron chi connectivity index (χ2n) is 3.09. The molecule has 1 atom stereocenters. The molecule has 0 aliphatic heterocycles. The number of allylic oxidation sites excluding steroid dienone is 2. The summed E-state index contributed by atoms with van der Waals surface area (Å²) >= 11 is 0. The zero-order chi connectivity index (χ0) is 10.1. The SMILES string of the molecule is CC/C=C\CCC(CC)C(=O)OC. The number of rotatable bonds is 6. The molecule has 0 aromatic heterocycles. The van der Waals surface area contributed by atoms with E-state index < -0.39 is 0 Å². The van der Waals surface area contributed by atoms with Crippen molar-refractivity contribution in [2.24, 2.45) is 5.92 Å². The molecule has 0 saturated carbocycles. The molecule has 2 heteroatoms. The normalized spacial score (nSPS) is 13.2. The van der Waals surface area contributed by atoms with Crippen molar-refractivity contribution in [1.82, 2.24) is 0 Å². The lowest BCUT2D eigenvalue weighted by atomic mass is 10.0. The molecule has 0 aliphatic carbocycles. The Labute approximate surface area is 81.0 Å². The minimum Gasteiger partial charge on any atom is -0.469 e. The molecular formula is C11H20O2. The van der Waals surface area contributed by atoms with Gasteiger partial charge in [-0.05, 0) is 25.7 Å². The van der Waals surface area contributed by atoms with Crippen LogP contribution in [0.5, 0.6) is 0 Å². The summed E-state index contributed by atoms with van der Waals surface area (Å²) in [5.74, 6) is -0.00101. The van der Waals surface area contributed by atoms with Gasteiger partial charge >= 0.3 is 5.97 Å². The van der Waals surface area contributed by atoms with Gasteiger partial charge in [-0.3, -0.25) is 4.79 Å². The zero-order valence-electron chi connectivity index (χ0n) is 8.88. The first-order valence-corrected chi connectivity index (χ1v) is 4.99. The van der Waals surface area contributed by atoms with Gasteiger partial charge in [-0.2, -0.15) is 0 Å². The average Bonchev–Trinajstić information content (AvgIpc) is 2.17. The number of carbonyl (C=O) groups excluding carboxylic acids is 1. The van der Waals surface area contributed by atoms with Crippen LogP contribution in [-0.2, 0) is 9.53 Å². The molecule has 76 valence electrons. The smallest absolute Gasteiger partial charge is 0.308 e. The van der Waals surface area contributed by atoms with E-state index in [9.17, 15) is 4.79 Å². The highest BCUT2D eigenvalue weighted by molar-refractivity contribution is 5.72. The monoisotopic (exact) mass is 184 g/mol. The van der Waals surface area contributed by atoms with Crippen LogP contribution in [0.25, 0.3) is 0 Å². The molecule has 13 heavy (non-hydrogen) atoms. The Hall–Kier alpha value is -0.790. The van der Waals surface area contributed by atoms with Crippen LogP contribution in [0.1, 0.15) is 39.5 Å². The summed E-state index contributed by atoms with van der Waals surface area (Å²) in [4.78, 5) is 11.2. The molecule has 0 aromatic carbocycles. The van der Waals surface area contributed by atoms with Gasteiger partial charge in [-0.1, -0.05) is 26.0 Å². The predicted molar refractivity (Wildman–Crippen MR) is 54.5 cm³/mol. The second-order valence-corrected chi connectivity index (χ2v) is 3.09. The molecular weight excluding hydrogens is 164 g/mol. The van der Waals surface area contributed by atoms with Crippen LogP contribution in [0, 0.1) is 5.92 Å². The van der Waals surface area contributed by atoms with Gasteiger partial charge in [0, 0.05) is 0 Å². The predicted octanol–water partition coefficient (Wildman–Crippen LogP) is 2.93. The molecule has 0 spiro atoms. The molecule has 0 rings (SSSR count). The van der Waals surface area contributed by atoms with E-state index in [4.69, 9.17) is 4.74 Å². The van der Waals surface area contributed by atoms with E-state index in [0.717, 1.165) is 25.7 Å². The Morgan fingerprint density at radius 2 is 2.08 bits per heavy atom. The highest BCUT2D eigenvalue weighted by atomic mass is 16.5. The third-order valence-electron chi connectivity index (χ3n) is 2.11. The van der Waals surface area contributed by atoms with Gasteiger partial charge in [0.2, 0.25) is 0 Å². The largest absolute Gasteiger partial charge is 0.469 e. The van der Waals surface area contributed by atoms with Gasteiger partial charge in [-0.25, -0.2) is 0 Å². The molecule has 0 aliphatic rings. The Bertz CT molecular complexity index is 161. The van der Waals surface area contributed by atoms with Crippen molar-refractivity contribution in [3.63, 3.8) is 0 Å². The maximum Gasteiger partial charge on any atom is 0.308 e. The van der Waals surface area contributed by atoms with Crippen molar-refractivity contribution in [1.29, 1.82) is 0 Å². The highest BCUT2D eigenvalue weighted by Gasteiger charge is 2.14. The van der Waals surface area contributed by atoms with Crippen LogP contribution < -0.4 is 0 Å². The third kappa shape index (κ3) is 5.45. The number of hydrogen-bond donors (Lipinski definition) is 0. The summed E-state index contributed by atoms with van der Waals surface area (Å²) in [6, 6.07) is 0. The van der Waals surface area contributed by atoms with Gasteiger partial charge < -0.3 is 4.74 Å². The number of esters is 1. The van der Waals surface area contributed by atoms with Crippen LogP contribution in [-0.4, -0.2) is 13.1 Å². The van der Waals surface area contributed by atoms with E-state index in [1.807, 2.05) is 6.92 Å². The average molecular weight is 184 g/mol. The third-order valence-corrected chi connectivity index (χ3v) is 2.11. The fourth-order valence-corrected chi connectivity index (χ4v) is 1.24. The van der Waals surface area contributed by atoms with E-state index in [1.54, 1.807) is 0 Å². The van der Waals surface area contributed by atoms with E-state index >= 15 is 0 Å². The molecule has 0 heterocycles. The molecule has 0 aromatic rings. The molecule has 0 radical (unpaired) electrons. The number of methoxy groups -OCH3 is 1. The van der Waals surface area contributed by atoms with Crippen molar-refractivity contribution < 1.29 is 9.53 Å². The number of hydrogen-bond acceptors (Lipinski definition) is 2. The van der Waals surface area contributed by atoms with Crippen molar-refractivity contribution in [3.8, 4) is 0 Å². The van der Waals surface area contributed by atoms with Crippen LogP contribution in [0.15, 0.2) is 12.2 Å². The molecule has 0 saturated heterocycles. The van der Waals surface area contributed by atoms with Crippen LogP contribution in [0.4, 0.5) is 0 Å². The first-order valence-electron chi connectivity index (χ1n) is 4.99. The van der Waals surface area contributed by atoms with Gasteiger partial charge in [0.05, 0.1) is 13.0 Å². The molecule has 0 bridgehead atoms. The molecule has 0 fully saturated rings. The first kappa shape index (κ1) is 12.2. The second kappa shape index (κ2) is 7.84. The zero-order valence-corrected chi connectivity index (χ0v) is 8.88. The van der Waals surface area contributed by atoms with E-state index in [-0.39, 0.29) is 11.9 Å². The van der Waals surface area contributed by atoms with Crippen molar-refractivity contribution in [2.75, 3.05) is 7.11 Å². The highest BCUT2D eigenvalue weighted by Crippen LogP contribution is 2.12. The lowest BCUT2D eigenvalue weighted by Crippen LogP contribution is -2.14. The van der Waals surface area contributed by atoms with Gasteiger partial charge in [0.15, 0.2) is 0 Å².